The van der Waals surface area contributed by atoms with Crippen molar-refractivity contribution in [1.82, 2.24) is 4.90 Å². The summed E-state index contributed by atoms with van der Waals surface area (Å²) < 4.78 is 0. The molecule has 1 saturated carbocycles. The van der Waals surface area contributed by atoms with E-state index in [-0.39, 0.29) is 28.7 Å². The Hall–Kier alpha value is -1.06. The van der Waals surface area contributed by atoms with Gasteiger partial charge in [0.15, 0.2) is 0 Å². The minimum absolute atomic E-state index is 0.0773. The number of piperidine rings is 1. The van der Waals surface area contributed by atoms with E-state index in [9.17, 15) is 14.7 Å². The number of carboxylic acids is 1. The molecule has 4 nitrogen and oxygen atoms in total. The summed E-state index contributed by atoms with van der Waals surface area (Å²) >= 11 is 0. The van der Waals surface area contributed by atoms with E-state index in [1.54, 1.807) is 0 Å². The number of carboxylic acid groups (broad SMARTS) is 1. The highest BCUT2D eigenvalue weighted by Gasteiger charge is 2.65. The van der Waals surface area contributed by atoms with E-state index in [1.165, 1.54) is 0 Å². The van der Waals surface area contributed by atoms with E-state index in [0.717, 1.165) is 0 Å². The maximum atomic E-state index is 12.3. The van der Waals surface area contributed by atoms with Crippen molar-refractivity contribution < 1.29 is 14.7 Å². The lowest BCUT2D eigenvalue weighted by Crippen LogP contribution is -2.53. The number of carbonyl (C=O) groups excluding carboxylic acids is 1. The smallest absolute Gasteiger partial charge is 0.308 e. The summed E-state index contributed by atoms with van der Waals surface area (Å²) in [6.07, 6.45) is 0.356. The maximum Gasteiger partial charge on any atom is 0.308 e. The van der Waals surface area contributed by atoms with Crippen LogP contribution in [0.15, 0.2) is 0 Å². The molecule has 0 aromatic heterocycles. The summed E-state index contributed by atoms with van der Waals surface area (Å²) in [7, 11) is 0. The number of hydrogen-bond donors (Lipinski definition) is 1. The first-order valence-electron chi connectivity index (χ1n) is 7.54. The second-order valence-electron chi connectivity index (χ2n) is 7.83. The fourth-order valence-corrected chi connectivity index (χ4v) is 4.12. The lowest BCUT2D eigenvalue weighted by atomic mass is 9.81. The molecular weight excluding hydrogens is 254 g/mol. The Morgan fingerprint density at radius 2 is 1.75 bits per heavy atom. The molecule has 0 aromatic carbocycles. The molecule has 2 fully saturated rings. The number of hydrogen-bond acceptors (Lipinski definition) is 2. The number of carbonyl (C=O) groups is 2. The third-order valence-corrected chi connectivity index (χ3v) is 6.43. The first kappa shape index (κ1) is 15.3. The summed E-state index contributed by atoms with van der Waals surface area (Å²) in [6, 6.07) is -0.212. The van der Waals surface area contributed by atoms with Crippen LogP contribution in [0.25, 0.3) is 0 Å². The summed E-state index contributed by atoms with van der Waals surface area (Å²) in [5.74, 6) is -0.744. The quantitative estimate of drug-likeness (QED) is 0.865. The molecule has 0 radical (unpaired) electrons. The molecular formula is C16H27NO3. The molecule has 0 aromatic rings. The van der Waals surface area contributed by atoms with Crippen LogP contribution in [0, 0.1) is 28.6 Å². The van der Waals surface area contributed by atoms with Crippen molar-refractivity contribution >= 4 is 11.9 Å². The number of amides is 1. The van der Waals surface area contributed by atoms with E-state index in [4.69, 9.17) is 0 Å². The van der Waals surface area contributed by atoms with Crippen LogP contribution in [0.1, 0.15) is 48.0 Å². The van der Waals surface area contributed by atoms with Crippen LogP contribution in [0.4, 0.5) is 0 Å². The van der Waals surface area contributed by atoms with Gasteiger partial charge in [-0.1, -0.05) is 34.6 Å². The molecule has 0 bridgehead atoms. The summed E-state index contributed by atoms with van der Waals surface area (Å²) in [5, 5.41) is 9.40. The fourth-order valence-electron chi connectivity index (χ4n) is 4.12. The molecule has 1 aliphatic heterocycles. The lowest BCUT2D eigenvalue weighted by Gasteiger charge is -2.41. The number of aliphatic carboxylic acids is 1. The molecule has 1 N–H and O–H groups in total. The number of nitrogens with zero attached hydrogens (tertiary/aromatic N) is 1. The minimum atomic E-state index is -0.781. The number of likely N-dealkylation sites (tertiary alicyclic amines) is 1. The van der Waals surface area contributed by atoms with E-state index >= 15 is 0 Å². The van der Waals surface area contributed by atoms with Crippen LogP contribution in [0.5, 0.6) is 0 Å². The van der Waals surface area contributed by atoms with Crippen molar-refractivity contribution in [3.05, 3.63) is 0 Å². The SMILES string of the molecule is CC1CC(=O)N(CC2C(C)(C)C2(C)C)C(C)C1C(=O)O. The average molecular weight is 281 g/mol. The largest absolute Gasteiger partial charge is 0.481 e. The highest BCUT2D eigenvalue weighted by molar-refractivity contribution is 5.82. The molecule has 2 aliphatic rings. The Morgan fingerprint density at radius 3 is 2.15 bits per heavy atom. The van der Waals surface area contributed by atoms with Gasteiger partial charge >= 0.3 is 5.97 Å². The summed E-state index contributed by atoms with van der Waals surface area (Å²) in [6.45, 7) is 13.4. The van der Waals surface area contributed by atoms with Crippen LogP contribution in [0.3, 0.4) is 0 Å². The van der Waals surface area contributed by atoms with Gasteiger partial charge in [0.1, 0.15) is 0 Å². The number of rotatable bonds is 3. The topological polar surface area (TPSA) is 57.6 Å². The molecule has 3 atom stereocenters. The van der Waals surface area contributed by atoms with Gasteiger partial charge in [0.25, 0.3) is 0 Å². The first-order valence-corrected chi connectivity index (χ1v) is 7.54. The van der Waals surface area contributed by atoms with Gasteiger partial charge in [0, 0.05) is 19.0 Å². The molecule has 1 saturated heterocycles. The van der Waals surface area contributed by atoms with Gasteiger partial charge < -0.3 is 10.0 Å². The second-order valence-corrected chi connectivity index (χ2v) is 7.83. The predicted molar refractivity (Wildman–Crippen MR) is 77.1 cm³/mol. The normalized spacial score (nSPS) is 36.0. The first-order chi connectivity index (χ1) is 9.01. The predicted octanol–water partition coefficient (Wildman–Crippen LogP) is 2.63. The van der Waals surface area contributed by atoms with E-state index in [1.807, 2.05) is 18.7 Å². The summed E-state index contributed by atoms with van der Waals surface area (Å²) in [4.78, 5) is 25.6. The van der Waals surface area contributed by atoms with Crippen molar-refractivity contribution in [2.24, 2.45) is 28.6 Å². The minimum Gasteiger partial charge on any atom is -0.481 e. The third kappa shape index (κ3) is 2.04. The van der Waals surface area contributed by atoms with Crippen LogP contribution < -0.4 is 0 Å². The lowest BCUT2D eigenvalue weighted by molar-refractivity contribution is -0.155. The maximum absolute atomic E-state index is 12.3. The summed E-state index contributed by atoms with van der Waals surface area (Å²) in [5.41, 5.74) is 0.434. The zero-order chi connectivity index (χ0) is 15.5. The second kappa shape index (κ2) is 4.47. The highest BCUT2D eigenvalue weighted by atomic mass is 16.4. The van der Waals surface area contributed by atoms with Gasteiger partial charge in [0.2, 0.25) is 5.91 Å². The Labute approximate surface area is 121 Å². The molecule has 20 heavy (non-hydrogen) atoms. The highest BCUT2D eigenvalue weighted by Crippen LogP contribution is 2.68. The zero-order valence-corrected chi connectivity index (χ0v) is 13.4. The Bertz CT molecular complexity index is 427. The van der Waals surface area contributed by atoms with Crippen LogP contribution >= 0.6 is 0 Å². The fraction of sp³-hybridized carbons (Fsp3) is 0.875. The molecule has 3 unspecified atom stereocenters. The Kier molecular flexibility index (Phi) is 3.43. The Morgan fingerprint density at radius 1 is 1.25 bits per heavy atom. The average Bonchev–Trinajstić information content (AvgIpc) is 2.64. The van der Waals surface area contributed by atoms with Gasteiger partial charge in [0.05, 0.1) is 5.92 Å². The van der Waals surface area contributed by atoms with E-state index in [0.29, 0.717) is 18.9 Å². The van der Waals surface area contributed by atoms with Crippen molar-refractivity contribution in [2.75, 3.05) is 6.54 Å². The molecule has 2 rings (SSSR count). The standard InChI is InChI=1S/C16H27NO3/c1-9-7-12(18)17(10(2)13(9)14(19)20)8-11-15(3,4)16(11,5)6/h9-11,13H,7-8H2,1-6H3,(H,19,20). The van der Waals surface area contributed by atoms with Crippen LogP contribution in [-0.2, 0) is 9.59 Å². The molecule has 4 heteroatoms. The van der Waals surface area contributed by atoms with Gasteiger partial charge in [-0.3, -0.25) is 9.59 Å². The van der Waals surface area contributed by atoms with Gasteiger partial charge in [-0.25, -0.2) is 0 Å². The van der Waals surface area contributed by atoms with E-state index in [2.05, 4.69) is 27.7 Å². The molecule has 1 amide bonds. The molecule has 114 valence electrons. The van der Waals surface area contributed by atoms with Crippen molar-refractivity contribution in [3.8, 4) is 0 Å². The van der Waals surface area contributed by atoms with Gasteiger partial charge in [-0.05, 0) is 29.6 Å². The van der Waals surface area contributed by atoms with Crippen LogP contribution in [0.2, 0.25) is 0 Å². The third-order valence-electron chi connectivity index (χ3n) is 6.43. The van der Waals surface area contributed by atoms with Gasteiger partial charge in [-0.2, -0.15) is 0 Å². The van der Waals surface area contributed by atoms with E-state index < -0.39 is 11.9 Å². The van der Waals surface area contributed by atoms with Crippen LogP contribution in [-0.4, -0.2) is 34.5 Å². The van der Waals surface area contributed by atoms with Gasteiger partial charge in [-0.15, -0.1) is 0 Å². The zero-order valence-electron chi connectivity index (χ0n) is 13.4. The molecule has 1 aliphatic carbocycles. The Balaban J connectivity index is 2.15. The van der Waals surface area contributed by atoms with Crippen molar-refractivity contribution in [1.29, 1.82) is 0 Å². The van der Waals surface area contributed by atoms with Crippen molar-refractivity contribution in [3.63, 3.8) is 0 Å². The molecule has 1 heterocycles. The molecule has 0 spiro atoms. The van der Waals surface area contributed by atoms with Crippen molar-refractivity contribution in [2.45, 2.75) is 54.0 Å². The monoisotopic (exact) mass is 281 g/mol.